The van der Waals surface area contributed by atoms with Crippen LogP contribution in [0.2, 0.25) is 0 Å². The minimum Gasteiger partial charge on any atom is -0.343 e. The van der Waals surface area contributed by atoms with E-state index in [1.165, 1.54) is 0 Å². The van der Waals surface area contributed by atoms with Crippen molar-refractivity contribution in [3.63, 3.8) is 0 Å². The lowest BCUT2D eigenvalue weighted by molar-refractivity contribution is -0.0945. The molecular formula is C7H12BrNO2. The van der Waals surface area contributed by atoms with E-state index in [4.69, 9.17) is 15.2 Å². The van der Waals surface area contributed by atoms with Gasteiger partial charge in [0.25, 0.3) is 0 Å². The van der Waals surface area contributed by atoms with E-state index in [0.717, 1.165) is 0 Å². The summed E-state index contributed by atoms with van der Waals surface area (Å²) in [6.45, 7) is 1.82. The highest BCUT2D eigenvalue weighted by molar-refractivity contribution is 9.09. The van der Waals surface area contributed by atoms with Gasteiger partial charge in [0.2, 0.25) is 0 Å². The van der Waals surface area contributed by atoms with E-state index in [1.807, 2.05) is 12.2 Å². The Balaban J connectivity index is 2.52. The topological polar surface area (TPSA) is 44.5 Å². The highest BCUT2D eigenvalue weighted by Crippen LogP contribution is 2.22. The number of alkyl halides is 1. The fraction of sp³-hybridized carbons (Fsp3) is 0.714. The standard InChI is InChI=1S/C7H12BrNO2/c8-6-7(2-1-3-9)10-4-5-11-7/h1-2H,3-6,9H2/b2-1+. The number of hydrogen-bond acceptors (Lipinski definition) is 3. The molecule has 0 amide bonds. The Kier molecular flexibility index (Phi) is 3.51. The summed E-state index contributed by atoms with van der Waals surface area (Å²) in [5.74, 6) is -0.556. The molecule has 1 fully saturated rings. The quantitative estimate of drug-likeness (QED) is 0.563. The average molecular weight is 222 g/mol. The molecule has 0 aromatic carbocycles. The summed E-state index contributed by atoms with van der Waals surface area (Å²) >= 11 is 3.32. The lowest BCUT2D eigenvalue weighted by Crippen LogP contribution is -2.29. The fourth-order valence-corrected chi connectivity index (χ4v) is 1.45. The van der Waals surface area contributed by atoms with Gasteiger partial charge in [0, 0.05) is 6.54 Å². The molecule has 3 nitrogen and oxygen atoms in total. The van der Waals surface area contributed by atoms with Crippen molar-refractivity contribution in [2.45, 2.75) is 5.79 Å². The van der Waals surface area contributed by atoms with E-state index in [9.17, 15) is 0 Å². The molecule has 0 spiro atoms. The van der Waals surface area contributed by atoms with E-state index in [1.54, 1.807) is 0 Å². The molecule has 2 N–H and O–H groups in total. The van der Waals surface area contributed by atoms with Crippen molar-refractivity contribution in [1.82, 2.24) is 0 Å². The van der Waals surface area contributed by atoms with Gasteiger partial charge in [-0.3, -0.25) is 0 Å². The van der Waals surface area contributed by atoms with Crippen LogP contribution in [0.15, 0.2) is 12.2 Å². The van der Waals surface area contributed by atoms with Crippen molar-refractivity contribution >= 4 is 15.9 Å². The van der Waals surface area contributed by atoms with Crippen molar-refractivity contribution in [3.05, 3.63) is 12.2 Å². The van der Waals surface area contributed by atoms with Crippen molar-refractivity contribution in [2.75, 3.05) is 25.1 Å². The summed E-state index contributed by atoms with van der Waals surface area (Å²) < 4.78 is 10.8. The lowest BCUT2D eigenvalue weighted by Gasteiger charge is -2.20. The summed E-state index contributed by atoms with van der Waals surface area (Å²) in [5.41, 5.74) is 5.31. The molecule has 1 rings (SSSR count). The first kappa shape index (κ1) is 9.19. The highest BCUT2D eigenvalue weighted by atomic mass is 79.9. The molecule has 1 saturated heterocycles. The van der Waals surface area contributed by atoms with E-state index >= 15 is 0 Å². The molecule has 0 aromatic rings. The first-order valence-corrected chi connectivity index (χ1v) is 4.67. The van der Waals surface area contributed by atoms with Crippen molar-refractivity contribution in [1.29, 1.82) is 0 Å². The largest absolute Gasteiger partial charge is 0.343 e. The maximum atomic E-state index is 5.38. The first-order chi connectivity index (χ1) is 5.33. The van der Waals surface area contributed by atoms with Crippen LogP contribution in [0.25, 0.3) is 0 Å². The van der Waals surface area contributed by atoms with Crippen LogP contribution in [0, 0.1) is 0 Å². The molecule has 0 aliphatic carbocycles. The van der Waals surface area contributed by atoms with E-state index in [-0.39, 0.29) is 0 Å². The van der Waals surface area contributed by atoms with Crippen LogP contribution in [0.3, 0.4) is 0 Å². The average Bonchev–Trinajstić information content (AvgIpc) is 2.50. The van der Waals surface area contributed by atoms with Gasteiger partial charge in [0.05, 0.1) is 18.5 Å². The number of hydrogen-bond donors (Lipinski definition) is 1. The van der Waals surface area contributed by atoms with Crippen LogP contribution in [0.5, 0.6) is 0 Å². The number of nitrogens with two attached hydrogens (primary N) is 1. The zero-order valence-electron chi connectivity index (χ0n) is 6.25. The van der Waals surface area contributed by atoms with Crippen LogP contribution >= 0.6 is 15.9 Å². The Bertz CT molecular complexity index is 143. The molecule has 1 aliphatic heterocycles. The van der Waals surface area contributed by atoms with E-state index in [0.29, 0.717) is 25.1 Å². The van der Waals surface area contributed by atoms with Gasteiger partial charge >= 0.3 is 0 Å². The Labute approximate surface area is 74.7 Å². The Morgan fingerprint density at radius 1 is 1.45 bits per heavy atom. The van der Waals surface area contributed by atoms with Crippen molar-refractivity contribution in [3.8, 4) is 0 Å². The molecule has 64 valence electrons. The van der Waals surface area contributed by atoms with Gasteiger partial charge in [0.15, 0.2) is 5.79 Å². The Morgan fingerprint density at radius 3 is 2.55 bits per heavy atom. The van der Waals surface area contributed by atoms with Gasteiger partial charge in [-0.15, -0.1) is 0 Å². The summed E-state index contributed by atoms with van der Waals surface area (Å²) in [6.07, 6.45) is 3.70. The van der Waals surface area contributed by atoms with Crippen LogP contribution in [0.4, 0.5) is 0 Å². The highest BCUT2D eigenvalue weighted by Gasteiger charge is 2.32. The minimum absolute atomic E-state index is 0.515. The first-order valence-electron chi connectivity index (χ1n) is 3.54. The van der Waals surface area contributed by atoms with Gasteiger partial charge in [-0.2, -0.15) is 0 Å². The van der Waals surface area contributed by atoms with E-state index < -0.39 is 5.79 Å². The molecule has 0 bridgehead atoms. The fourth-order valence-electron chi connectivity index (χ4n) is 0.936. The number of rotatable bonds is 3. The third-order valence-corrected chi connectivity index (χ3v) is 2.25. The monoisotopic (exact) mass is 221 g/mol. The molecule has 0 atom stereocenters. The Hall–Kier alpha value is 0.1000. The summed E-state index contributed by atoms with van der Waals surface area (Å²) in [7, 11) is 0. The third kappa shape index (κ3) is 2.27. The molecule has 0 unspecified atom stereocenters. The molecule has 4 heteroatoms. The SMILES string of the molecule is NC/C=C/C1(CBr)OCCO1. The second-order valence-electron chi connectivity index (χ2n) is 2.28. The van der Waals surface area contributed by atoms with Crippen LogP contribution in [0.1, 0.15) is 0 Å². The second kappa shape index (κ2) is 4.21. The molecular weight excluding hydrogens is 210 g/mol. The van der Waals surface area contributed by atoms with E-state index in [2.05, 4.69) is 15.9 Å². The molecule has 1 aliphatic rings. The maximum Gasteiger partial charge on any atom is 0.197 e. The number of halogens is 1. The minimum atomic E-state index is -0.556. The third-order valence-electron chi connectivity index (χ3n) is 1.47. The molecule has 0 aromatic heterocycles. The summed E-state index contributed by atoms with van der Waals surface area (Å²) in [4.78, 5) is 0. The van der Waals surface area contributed by atoms with Crippen molar-refractivity contribution in [2.24, 2.45) is 5.73 Å². The second-order valence-corrected chi connectivity index (χ2v) is 2.84. The van der Waals surface area contributed by atoms with Crippen LogP contribution in [-0.4, -0.2) is 30.9 Å². The molecule has 1 heterocycles. The Morgan fingerprint density at radius 2 is 2.09 bits per heavy atom. The van der Waals surface area contributed by atoms with Crippen molar-refractivity contribution < 1.29 is 9.47 Å². The molecule has 11 heavy (non-hydrogen) atoms. The lowest BCUT2D eigenvalue weighted by atomic mass is 10.3. The number of ether oxygens (including phenoxy) is 2. The normalized spacial score (nSPS) is 23.1. The predicted molar refractivity (Wildman–Crippen MR) is 46.6 cm³/mol. The predicted octanol–water partition coefficient (Wildman–Crippen LogP) is 0.639. The zero-order chi connectivity index (χ0) is 8.16. The van der Waals surface area contributed by atoms with Crippen LogP contribution in [-0.2, 0) is 9.47 Å². The molecule has 0 saturated carbocycles. The molecule has 0 radical (unpaired) electrons. The maximum absolute atomic E-state index is 5.38. The smallest absolute Gasteiger partial charge is 0.197 e. The zero-order valence-corrected chi connectivity index (χ0v) is 7.84. The van der Waals surface area contributed by atoms with Gasteiger partial charge in [-0.25, -0.2) is 0 Å². The van der Waals surface area contributed by atoms with Gasteiger partial charge in [0.1, 0.15) is 0 Å². The van der Waals surface area contributed by atoms with Gasteiger partial charge in [-0.1, -0.05) is 22.0 Å². The van der Waals surface area contributed by atoms with Crippen LogP contribution < -0.4 is 5.73 Å². The summed E-state index contributed by atoms with van der Waals surface area (Å²) in [5, 5.41) is 0.649. The summed E-state index contributed by atoms with van der Waals surface area (Å²) in [6, 6.07) is 0. The van der Waals surface area contributed by atoms with Gasteiger partial charge in [-0.05, 0) is 6.08 Å². The van der Waals surface area contributed by atoms with Gasteiger partial charge < -0.3 is 15.2 Å².